The molecule has 0 saturated heterocycles. The van der Waals surface area contributed by atoms with Crippen molar-refractivity contribution in [2.24, 2.45) is 5.92 Å². The summed E-state index contributed by atoms with van der Waals surface area (Å²) in [5, 5.41) is 6.00. The van der Waals surface area contributed by atoms with Gasteiger partial charge in [0.2, 0.25) is 11.8 Å². The Morgan fingerprint density at radius 1 is 0.931 bits per heavy atom. The minimum atomic E-state index is -0.373. The van der Waals surface area contributed by atoms with E-state index < -0.39 is 0 Å². The van der Waals surface area contributed by atoms with E-state index in [1.165, 1.54) is 6.92 Å². The molecule has 1 aliphatic heterocycles. The molecule has 29 heavy (non-hydrogen) atoms. The molecule has 2 atom stereocenters. The number of hydrogen-bond acceptors (Lipinski definition) is 4. The Kier molecular flexibility index (Phi) is 6.75. The van der Waals surface area contributed by atoms with Crippen LogP contribution in [0.2, 0.25) is 0 Å². The Labute approximate surface area is 171 Å². The molecule has 0 spiro atoms. The van der Waals surface area contributed by atoms with Gasteiger partial charge < -0.3 is 20.1 Å². The van der Waals surface area contributed by atoms with Crippen molar-refractivity contribution in [3.63, 3.8) is 0 Å². The molecule has 6 nitrogen and oxygen atoms in total. The molecule has 3 rings (SSSR count). The second kappa shape index (κ2) is 9.45. The van der Waals surface area contributed by atoms with Crippen LogP contribution in [-0.2, 0) is 9.59 Å². The minimum Gasteiger partial charge on any atom is -0.486 e. The minimum absolute atomic E-state index is 0.124. The lowest BCUT2D eigenvalue weighted by Gasteiger charge is -2.26. The molecule has 6 heteroatoms. The Morgan fingerprint density at radius 3 is 2.28 bits per heavy atom. The number of fused-ring (bicyclic) bond motifs is 1. The van der Waals surface area contributed by atoms with E-state index in [-0.39, 0.29) is 36.2 Å². The van der Waals surface area contributed by atoms with Gasteiger partial charge in [-0.2, -0.15) is 0 Å². The van der Waals surface area contributed by atoms with Gasteiger partial charge in [0.1, 0.15) is 13.2 Å². The highest BCUT2D eigenvalue weighted by Crippen LogP contribution is 2.34. The van der Waals surface area contributed by atoms with Crippen molar-refractivity contribution < 1.29 is 19.1 Å². The van der Waals surface area contributed by atoms with Crippen molar-refractivity contribution in [3.8, 4) is 11.5 Å². The van der Waals surface area contributed by atoms with Crippen LogP contribution in [0.1, 0.15) is 50.4 Å². The van der Waals surface area contributed by atoms with E-state index in [9.17, 15) is 9.59 Å². The fourth-order valence-electron chi connectivity index (χ4n) is 3.49. The Morgan fingerprint density at radius 2 is 1.62 bits per heavy atom. The molecule has 2 amide bonds. The van der Waals surface area contributed by atoms with Crippen LogP contribution in [0, 0.1) is 5.92 Å². The standard InChI is InChI=1S/C23H28N2O4/c1-15(2)23(18-9-10-20-21(13-18)29-12-11-28-20)25-22(27)14-19(24-16(3)26)17-7-5-4-6-8-17/h4-10,13,15,19,23H,11-12,14H2,1-3H3,(H,24,26)(H,25,27). The molecule has 0 bridgehead atoms. The summed E-state index contributed by atoms with van der Waals surface area (Å²) in [6.07, 6.45) is 0.164. The lowest BCUT2D eigenvalue weighted by Crippen LogP contribution is -2.36. The summed E-state index contributed by atoms with van der Waals surface area (Å²) in [5.74, 6) is 1.32. The normalized spacial score (nSPS) is 14.8. The highest BCUT2D eigenvalue weighted by Gasteiger charge is 2.24. The van der Waals surface area contributed by atoms with Crippen molar-refractivity contribution in [3.05, 3.63) is 59.7 Å². The first kappa shape index (κ1) is 20.7. The van der Waals surface area contributed by atoms with Crippen LogP contribution in [0.5, 0.6) is 11.5 Å². The summed E-state index contributed by atoms with van der Waals surface area (Å²) in [6, 6.07) is 14.8. The average molecular weight is 396 g/mol. The summed E-state index contributed by atoms with van der Waals surface area (Å²) in [7, 11) is 0. The SMILES string of the molecule is CC(=O)NC(CC(=O)NC(c1ccc2c(c1)OCCO2)C(C)C)c1ccccc1. The third kappa shape index (κ3) is 5.50. The number of hydrogen-bond donors (Lipinski definition) is 2. The van der Waals surface area contributed by atoms with Crippen molar-refractivity contribution >= 4 is 11.8 Å². The van der Waals surface area contributed by atoms with E-state index in [1.807, 2.05) is 48.5 Å². The van der Waals surface area contributed by atoms with Gasteiger partial charge in [0.15, 0.2) is 11.5 Å². The summed E-state index contributed by atoms with van der Waals surface area (Å²) < 4.78 is 11.3. The van der Waals surface area contributed by atoms with E-state index in [1.54, 1.807) is 0 Å². The van der Waals surface area contributed by atoms with Crippen LogP contribution in [0.4, 0.5) is 0 Å². The summed E-state index contributed by atoms with van der Waals surface area (Å²) >= 11 is 0. The van der Waals surface area contributed by atoms with Crippen LogP contribution in [-0.4, -0.2) is 25.0 Å². The molecular formula is C23H28N2O4. The fourth-order valence-corrected chi connectivity index (χ4v) is 3.49. The highest BCUT2D eigenvalue weighted by atomic mass is 16.6. The predicted octanol–water partition coefficient (Wildman–Crippen LogP) is 3.54. The Hall–Kier alpha value is -3.02. The Bertz CT molecular complexity index is 851. The maximum Gasteiger partial charge on any atom is 0.222 e. The molecule has 2 unspecified atom stereocenters. The zero-order valence-corrected chi connectivity index (χ0v) is 17.1. The number of carbonyl (C=O) groups excluding carboxylic acids is 2. The number of rotatable bonds is 7. The maximum atomic E-state index is 12.9. The fraction of sp³-hybridized carbons (Fsp3) is 0.391. The molecule has 0 radical (unpaired) electrons. The molecule has 2 N–H and O–H groups in total. The van der Waals surface area contributed by atoms with Crippen LogP contribution in [0.3, 0.4) is 0 Å². The van der Waals surface area contributed by atoms with Gasteiger partial charge in [-0.3, -0.25) is 9.59 Å². The van der Waals surface area contributed by atoms with Crippen LogP contribution in [0.25, 0.3) is 0 Å². The molecule has 1 heterocycles. The molecule has 2 aromatic carbocycles. The van der Waals surface area contributed by atoms with E-state index in [2.05, 4.69) is 24.5 Å². The first-order valence-corrected chi connectivity index (χ1v) is 9.95. The molecule has 0 saturated carbocycles. The molecule has 154 valence electrons. The first-order chi connectivity index (χ1) is 13.9. The number of carbonyl (C=O) groups is 2. The van der Waals surface area contributed by atoms with Gasteiger partial charge in [0.05, 0.1) is 18.5 Å². The van der Waals surface area contributed by atoms with Crippen LogP contribution < -0.4 is 20.1 Å². The Balaban J connectivity index is 1.74. The number of nitrogens with one attached hydrogen (secondary N) is 2. The van der Waals surface area contributed by atoms with E-state index in [0.717, 1.165) is 16.9 Å². The van der Waals surface area contributed by atoms with E-state index >= 15 is 0 Å². The summed E-state index contributed by atoms with van der Waals surface area (Å²) in [6.45, 7) is 6.64. The molecule has 0 aromatic heterocycles. The lowest BCUT2D eigenvalue weighted by atomic mass is 9.94. The largest absolute Gasteiger partial charge is 0.486 e. The molecule has 2 aromatic rings. The summed E-state index contributed by atoms with van der Waals surface area (Å²) in [4.78, 5) is 24.5. The average Bonchev–Trinajstić information content (AvgIpc) is 2.71. The van der Waals surface area contributed by atoms with Gasteiger partial charge in [-0.05, 0) is 29.2 Å². The van der Waals surface area contributed by atoms with Crippen molar-refractivity contribution in [2.75, 3.05) is 13.2 Å². The maximum absolute atomic E-state index is 12.9. The zero-order chi connectivity index (χ0) is 20.8. The molecule has 1 aliphatic rings. The number of ether oxygens (including phenoxy) is 2. The number of amides is 2. The van der Waals surface area contributed by atoms with Gasteiger partial charge in [0.25, 0.3) is 0 Å². The molecular weight excluding hydrogens is 368 g/mol. The predicted molar refractivity (Wildman–Crippen MR) is 111 cm³/mol. The molecule has 0 fully saturated rings. The van der Waals surface area contributed by atoms with Crippen molar-refractivity contribution in [1.29, 1.82) is 0 Å². The van der Waals surface area contributed by atoms with E-state index in [0.29, 0.717) is 19.0 Å². The van der Waals surface area contributed by atoms with Gasteiger partial charge in [-0.1, -0.05) is 50.2 Å². The lowest BCUT2D eigenvalue weighted by molar-refractivity contribution is -0.123. The second-order valence-electron chi connectivity index (χ2n) is 7.56. The molecule has 0 aliphatic carbocycles. The van der Waals surface area contributed by atoms with Gasteiger partial charge in [-0.15, -0.1) is 0 Å². The van der Waals surface area contributed by atoms with Crippen molar-refractivity contribution in [1.82, 2.24) is 10.6 Å². The van der Waals surface area contributed by atoms with E-state index in [4.69, 9.17) is 9.47 Å². The van der Waals surface area contributed by atoms with Crippen LogP contribution >= 0.6 is 0 Å². The topological polar surface area (TPSA) is 76.7 Å². The third-order valence-corrected chi connectivity index (χ3v) is 4.88. The number of benzene rings is 2. The van der Waals surface area contributed by atoms with Gasteiger partial charge in [0, 0.05) is 6.92 Å². The van der Waals surface area contributed by atoms with Gasteiger partial charge in [-0.25, -0.2) is 0 Å². The second-order valence-corrected chi connectivity index (χ2v) is 7.56. The zero-order valence-electron chi connectivity index (χ0n) is 17.1. The summed E-state index contributed by atoms with van der Waals surface area (Å²) in [5.41, 5.74) is 1.87. The smallest absolute Gasteiger partial charge is 0.222 e. The van der Waals surface area contributed by atoms with Crippen LogP contribution in [0.15, 0.2) is 48.5 Å². The van der Waals surface area contributed by atoms with Gasteiger partial charge >= 0.3 is 0 Å². The van der Waals surface area contributed by atoms with Crippen molar-refractivity contribution in [2.45, 2.75) is 39.3 Å². The highest BCUT2D eigenvalue weighted by molar-refractivity contribution is 5.79. The first-order valence-electron chi connectivity index (χ1n) is 9.95. The monoisotopic (exact) mass is 396 g/mol. The quantitative estimate of drug-likeness (QED) is 0.751. The third-order valence-electron chi connectivity index (χ3n) is 4.88.